The molecule has 4 heteroatoms. The summed E-state index contributed by atoms with van der Waals surface area (Å²) in [6.07, 6.45) is 0. The minimum atomic E-state index is 0.0957. The van der Waals surface area contributed by atoms with Gasteiger partial charge in [-0.15, -0.1) is 0 Å². The minimum Gasteiger partial charge on any atom is -0.0768 e. The van der Waals surface area contributed by atoms with Crippen molar-refractivity contribution in [3.05, 3.63) is 0 Å². The summed E-state index contributed by atoms with van der Waals surface area (Å²) in [5.41, 5.74) is 0. The third-order valence-corrected chi connectivity index (χ3v) is 48.0. The molecule has 0 nitrogen and oxygen atoms in total. The van der Waals surface area contributed by atoms with Crippen molar-refractivity contribution in [2.45, 2.75) is 13.1 Å². The summed E-state index contributed by atoms with van der Waals surface area (Å²) in [6, 6.07) is 0. The fraction of sp³-hybridized carbons (Fsp3) is 1.00. The van der Waals surface area contributed by atoms with Crippen molar-refractivity contribution in [2.75, 3.05) is 0 Å². The molecule has 2 unspecified atom stereocenters. The van der Waals surface area contributed by atoms with Crippen molar-refractivity contribution in [3.63, 3.8) is 0 Å². The second-order valence-electron chi connectivity index (χ2n) is 2.49. The first-order valence-electron chi connectivity index (χ1n) is 2.64. The third-order valence-electron chi connectivity index (χ3n) is 1.33. The Hall–Kier alpha value is 0.868. The van der Waals surface area contributed by atoms with E-state index in [1.54, 1.807) is 19.5 Å². The lowest BCUT2D eigenvalue weighted by Gasteiger charge is -2.01. The molecule has 0 aromatic rings. The van der Waals surface area contributed by atoms with Crippen LogP contribution >= 0.6 is 0 Å². The summed E-state index contributed by atoms with van der Waals surface area (Å²) in [5, 5.41) is 0. The van der Waals surface area contributed by atoms with E-state index in [1.165, 1.54) is 0 Å². The van der Waals surface area contributed by atoms with Gasteiger partial charge in [-0.2, -0.15) is 0 Å². The van der Waals surface area contributed by atoms with Gasteiger partial charge in [-0.3, -0.25) is 0 Å². The standard InChI is InChI=1S/C2H14Si4/c1-5(3)6(2)4/h5-6H,1-4H3. The van der Waals surface area contributed by atoms with E-state index in [-0.39, 0.29) is 15.7 Å². The van der Waals surface area contributed by atoms with Crippen molar-refractivity contribution < 1.29 is 0 Å². The molecule has 0 fully saturated rings. The van der Waals surface area contributed by atoms with Gasteiger partial charge in [-0.1, -0.05) is 13.1 Å². The van der Waals surface area contributed by atoms with Crippen LogP contribution in [0.5, 0.6) is 0 Å². The maximum atomic E-state index is 2.54. The molecule has 0 radical (unpaired) electrons. The highest BCUT2D eigenvalue weighted by molar-refractivity contribution is 7.53. The summed E-state index contributed by atoms with van der Waals surface area (Å²) in [7, 11) is 3.37. The van der Waals surface area contributed by atoms with E-state index < -0.39 is 0 Å². The molecule has 0 spiro atoms. The van der Waals surface area contributed by atoms with Gasteiger partial charge in [0.2, 0.25) is 0 Å². The lowest BCUT2D eigenvalue weighted by molar-refractivity contribution is 2.24. The van der Waals surface area contributed by atoms with E-state index in [0.29, 0.717) is 0 Å². The summed E-state index contributed by atoms with van der Waals surface area (Å²) < 4.78 is 0. The Balaban J connectivity index is 2.99. The number of hydrogen-bond donors (Lipinski definition) is 0. The fourth-order valence-electron chi connectivity index (χ4n) is 0. The van der Waals surface area contributed by atoms with Gasteiger partial charge in [0.25, 0.3) is 0 Å². The quantitative estimate of drug-likeness (QED) is 0.363. The van der Waals surface area contributed by atoms with Gasteiger partial charge in [-0.05, 0) is 19.5 Å². The van der Waals surface area contributed by atoms with E-state index in [2.05, 4.69) is 13.1 Å². The van der Waals surface area contributed by atoms with Crippen LogP contribution in [0, 0.1) is 0 Å². The molecule has 6 heavy (non-hydrogen) atoms. The molecule has 0 aliphatic carbocycles. The maximum Gasteiger partial charge on any atom is 0.00609 e. The molecule has 0 rings (SSSR count). The van der Waals surface area contributed by atoms with Gasteiger partial charge in [-0.25, -0.2) is 0 Å². The van der Waals surface area contributed by atoms with E-state index in [4.69, 9.17) is 0 Å². The Morgan fingerprint density at radius 3 is 1.17 bits per heavy atom. The molecule has 38 valence electrons. The number of hydrogen-bond acceptors (Lipinski definition) is 0. The van der Waals surface area contributed by atoms with Crippen molar-refractivity contribution in [1.29, 1.82) is 0 Å². The molecule has 0 aliphatic rings. The van der Waals surface area contributed by atoms with Crippen LogP contribution in [0.15, 0.2) is 0 Å². The molecular formula is C2H14Si4. The van der Waals surface area contributed by atoms with Gasteiger partial charge in [0.15, 0.2) is 0 Å². The maximum absolute atomic E-state index is 2.54. The summed E-state index contributed by atoms with van der Waals surface area (Å²) in [4.78, 5) is 0. The van der Waals surface area contributed by atoms with Crippen molar-refractivity contribution in [1.82, 2.24) is 0 Å². The molecule has 0 aromatic heterocycles. The smallest absolute Gasteiger partial charge is 0.00609 e. The van der Waals surface area contributed by atoms with Gasteiger partial charge >= 0.3 is 0 Å². The second kappa shape index (κ2) is 2.95. The minimum absolute atomic E-state index is 0.0957. The average Bonchev–Trinajstić information content (AvgIpc) is 1.36. The zero-order valence-electron chi connectivity index (χ0n) is 5.15. The lowest BCUT2D eigenvalue weighted by atomic mass is 11.9. The zero-order chi connectivity index (χ0) is 5.15. The third kappa shape index (κ3) is 3.07. The Bertz CT molecular complexity index is 26.5. The van der Waals surface area contributed by atoms with Crippen LogP contribution in [-0.2, 0) is 0 Å². The Morgan fingerprint density at radius 2 is 1.17 bits per heavy atom. The molecular weight excluding hydrogens is 136 g/mol. The first-order valence-corrected chi connectivity index (χ1v) is 16.9. The van der Waals surface area contributed by atoms with Crippen LogP contribution in [0.25, 0.3) is 0 Å². The van der Waals surface area contributed by atoms with Gasteiger partial charge in [0.05, 0.1) is 0 Å². The Labute approximate surface area is 48.8 Å². The Morgan fingerprint density at radius 1 is 1.00 bits per heavy atom. The summed E-state index contributed by atoms with van der Waals surface area (Å²) in [5.74, 6) is 0. The van der Waals surface area contributed by atoms with Crippen LogP contribution in [-0.4, -0.2) is 35.2 Å². The van der Waals surface area contributed by atoms with Crippen molar-refractivity contribution in [2.24, 2.45) is 0 Å². The Kier molecular flexibility index (Phi) is 3.37. The average molecular weight is 150 g/mol. The van der Waals surface area contributed by atoms with E-state index in [1.807, 2.05) is 0 Å². The molecule has 2 atom stereocenters. The predicted molar refractivity (Wildman–Crippen MR) is 45.9 cm³/mol. The monoisotopic (exact) mass is 150 g/mol. The second-order valence-corrected chi connectivity index (χ2v) is 34.4. The summed E-state index contributed by atoms with van der Waals surface area (Å²) in [6.45, 7) is 5.08. The highest BCUT2D eigenvalue weighted by Gasteiger charge is 1.99. The largest absolute Gasteiger partial charge is 0.0768 e. The summed E-state index contributed by atoms with van der Waals surface area (Å²) >= 11 is 0. The number of rotatable bonds is 1. The van der Waals surface area contributed by atoms with Crippen LogP contribution in [0.4, 0.5) is 0 Å². The molecule has 0 amide bonds. The molecule has 0 aliphatic heterocycles. The highest BCUT2D eigenvalue weighted by Crippen LogP contribution is 1.75. The normalized spacial score (nSPS) is 21.0. The van der Waals surface area contributed by atoms with Gasteiger partial charge in [0.1, 0.15) is 0 Å². The van der Waals surface area contributed by atoms with Crippen LogP contribution in [0.3, 0.4) is 0 Å². The van der Waals surface area contributed by atoms with Crippen LogP contribution < -0.4 is 0 Å². The molecule has 0 bridgehead atoms. The van der Waals surface area contributed by atoms with Crippen LogP contribution in [0.1, 0.15) is 0 Å². The first-order chi connectivity index (χ1) is 2.64. The van der Waals surface area contributed by atoms with E-state index in [0.717, 1.165) is 0 Å². The van der Waals surface area contributed by atoms with Crippen LogP contribution in [0.2, 0.25) is 13.1 Å². The lowest BCUT2D eigenvalue weighted by Crippen LogP contribution is -2.30. The van der Waals surface area contributed by atoms with Crippen molar-refractivity contribution in [3.8, 4) is 0 Å². The first kappa shape index (κ1) is 6.87. The highest BCUT2D eigenvalue weighted by atomic mass is 29.7. The topological polar surface area (TPSA) is 0 Å². The zero-order valence-corrected chi connectivity index (χ0v) is 11.5. The fourth-order valence-corrected chi connectivity index (χ4v) is 0. The molecule has 0 aromatic carbocycles. The van der Waals surface area contributed by atoms with Gasteiger partial charge < -0.3 is 0 Å². The van der Waals surface area contributed by atoms with Gasteiger partial charge in [0, 0.05) is 15.7 Å². The van der Waals surface area contributed by atoms with E-state index in [9.17, 15) is 0 Å². The molecule has 0 N–H and O–H groups in total. The molecule has 0 saturated heterocycles. The van der Waals surface area contributed by atoms with Crippen molar-refractivity contribution >= 4 is 35.2 Å². The molecule has 0 heterocycles. The SMILES string of the molecule is C[SiH]([SiH3])[SiH](C)[SiH3]. The predicted octanol–water partition coefficient (Wildman–Crippen LogP) is -2.50. The molecule has 0 saturated carbocycles. The van der Waals surface area contributed by atoms with E-state index >= 15 is 0 Å².